The van der Waals surface area contributed by atoms with E-state index in [2.05, 4.69) is 23.5 Å². The van der Waals surface area contributed by atoms with E-state index in [-0.39, 0.29) is 34.6 Å². The summed E-state index contributed by atoms with van der Waals surface area (Å²) in [5.74, 6) is 0.382. The molecule has 0 saturated carbocycles. The molecule has 3 atom stereocenters. The van der Waals surface area contributed by atoms with E-state index in [4.69, 9.17) is 27.9 Å². The molecular formula is C23H22Cl2N2O3. The second-order valence-electron chi connectivity index (χ2n) is 7.98. The predicted molar refractivity (Wildman–Crippen MR) is 118 cm³/mol. The highest BCUT2D eigenvalue weighted by molar-refractivity contribution is 6.35. The molecule has 156 valence electrons. The first kappa shape index (κ1) is 19.7. The number of aromatic hydroxyl groups is 1. The van der Waals surface area contributed by atoms with E-state index in [0.717, 1.165) is 17.7 Å². The minimum atomic E-state index is -0.215. The van der Waals surface area contributed by atoms with Gasteiger partial charge in [-0.25, -0.2) is 0 Å². The van der Waals surface area contributed by atoms with Gasteiger partial charge in [-0.2, -0.15) is 0 Å². The fourth-order valence-corrected chi connectivity index (χ4v) is 5.38. The minimum absolute atomic E-state index is 0.00447. The van der Waals surface area contributed by atoms with E-state index in [1.807, 2.05) is 17.0 Å². The van der Waals surface area contributed by atoms with Crippen LogP contribution in [0, 0.1) is 5.92 Å². The molecule has 7 heteroatoms. The number of phenols is 1. The highest BCUT2D eigenvalue weighted by Crippen LogP contribution is 2.53. The van der Waals surface area contributed by atoms with Crippen molar-refractivity contribution >= 4 is 34.8 Å². The van der Waals surface area contributed by atoms with Crippen LogP contribution < -0.4 is 5.32 Å². The highest BCUT2D eigenvalue weighted by atomic mass is 35.5. The largest absolute Gasteiger partial charge is 0.506 e. The maximum Gasteiger partial charge on any atom is 0.256 e. The lowest BCUT2D eigenvalue weighted by molar-refractivity contribution is 0.0303. The Hall–Kier alpha value is -2.21. The van der Waals surface area contributed by atoms with Crippen LogP contribution in [0.1, 0.15) is 39.9 Å². The van der Waals surface area contributed by atoms with Crippen molar-refractivity contribution in [2.45, 2.75) is 18.4 Å². The number of para-hydroxylation sites is 1. The summed E-state index contributed by atoms with van der Waals surface area (Å²) in [5.41, 5.74) is 3.23. The molecule has 2 N–H and O–H groups in total. The molecule has 2 heterocycles. The standard InChI is InChI=1S/C23H22Cl2N2O3/c24-13-11-18(22(28)19(25)12-13)21-16-4-1-3-14(16)15-5-2-6-17(20(15)26-21)23(29)27-7-9-30-10-8-27/h1-3,5-6,11-12,14,16,21,26,28H,4,7-10H2. The number of halogens is 2. The third-order valence-corrected chi connectivity index (χ3v) is 6.82. The van der Waals surface area contributed by atoms with Crippen molar-refractivity contribution in [3.05, 3.63) is 69.2 Å². The number of nitrogens with one attached hydrogen (secondary N) is 1. The number of phenolic OH excluding ortho intramolecular Hbond substituents is 1. The maximum atomic E-state index is 13.3. The molecule has 1 fully saturated rings. The van der Waals surface area contributed by atoms with Crippen molar-refractivity contribution in [2.75, 3.05) is 31.6 Å². The Morgan fingerprint density at radius 2 is 1.97 bits per heavy atom. The zero-order valence-corrected chi connectivity index (χ0v) is 17.8. The van der Waals surface area contributed by atoms with Crippen molar-refractivity contribution in [1.29, 1.82) is 0 Å². The van der Waals surface area contributed by atoms with E-state index in [0.29, 0.717) is 42.5 Å². The molecule has 2 aromatic carbocycles. The van der Waals surface area contributed by atoms with Gasteiger partial charge in [0.2, 0.25) is 0 Å². The summed E-state index contributed by atoms with van der Waals surface area (Å²) in [7, 11) is 0. The van der Waals surface area contributed by atoms with Gasteiger partial charge in [0.05, 0.1) is 35.5 Å². The zero-order valence-electron chi connectivity index (χ0n) is 16.3. The van der Waals surface area contributed by atoms with Gasteiger partial charge in [-0.1, -0.05) is 47.5 Å². The summed E-state index contributed by atoms with van der Waals surface area (Å²) < 4.78 is 5.39. The van der Waals surface area contributed by atoms with Crippen molar-refractivity contribution in [1.82, 2.24) is 4.90 Å². The summed E-state index contributed by atoms with van der Waals surface area (Å²) in [5, 5.41) is 15.0. The molecule has 1 saturated heterocycles. The molecule has 30 heavy (non-hydrogen) atoms. The van der Waals surface area contributed by atoms with Gasteiger partial charge in [0, 0.05) is 29.6 Å². The SMILES string of the molecule is O=C(c1cccc2c1NC(c1cc(Cl)cc(Cl)c1O)C1CC=CC21)N1CCOCC1. The highest BCUT2D eigenvalue weighted by Gasteiger charge is 2.41. The third-order valence-electron chi connectivity index (χ3n) is 6.32. The van der Waals surface area contributed by atoms with Crippen molar-refractivity contribution < 1.29 is 14.6 Å². The molecule has 2 aliphatic heterocycles. The topological polar surface area (TPSA) is 61.8 Å². The van der Waals surface area contributed by atoms with Crippen LogP contribution in [0.25, 0.3) is 0 Å². The third kappa shape index (κ3) is 3.25. The molecule has 2 aromatic rings. The smallest absolute Gasteiger partial charge is 0.256 e. The number of hydrogen-bond acceptors (Lipinski definition) is 4. The summed E-state index contributed by atoms with van der Waals surface area (Å²) >= 11 is 12.5. The quantitative estimate of drug-likeness (QED) is 0.639. The Morgan fingerprint density at radius 3 is 2.77 bits per heavy atom. The molecule has 0 spiro atoms. The summed E-state index contributed by atoms with van der Waals surface area (Å²) in [6.07, 6.45) is 5.23. The first-order valence-corrected chi connectivity index (χ1v) is 10.9. The lowest BCUT2D eigenvalue weighted by Crippen LogP contribution is -2.41. The number of anilines is 1. The Labute approximate surface area is 185 Å². The average Bonchev–Trinajstić information content (AvgIpc) is 3.26. The zero-order chi connectivity index (χ0) is 20.8. The average molecular weight is 445 g/mol. The predicted octanol–water partition coefficient (Wildman–Crippen LogP) is 5.00. The van der Waals surface area contributed by atoms with Crippen LogP contribution >= 0.6 is 23.2 Å². The Kier molecular flexibility index (Phi) is 5.13. The Balaban J connectivity index is 1.59. The van der Waals surface area contributed by atoms with E-state index in [1.165, 1.54) is 6.07 Å². The minimum Gasteiger partial charge on any atom is -0.506 e. The number of carbonyl (C=O) groups excluding carboxylic acids is 1. The molecule has 5 nitrogen and oxygen atoms in total. The van der Waals surface area contributed by atoms with Crippen LogP contribution in [0.5, 0.6) is 5.75 Å². The van der Waals surface area contributed by atoms with Crippen LogP contribution in [-0.2, 0) is 4.74 Å². The van der Waals surface area contributed by atoms with E-state index < -0.39 is 0 Å². The number of allylic oxidation sites excluding steroid dienone is 2. The number of fused-ring (bicyclic) bond motifs is 3. The number of benzene rings is 2. The number of nitrogens with zero attached hydrogens (tertiary/aromatic N) is 1. The Morgan fingerprint density at radius 1 is 1.17 bits per heavy atom. The van der Waals surface area contributed by atoms with Gasteiger partial charge in [0.25, 0.3) is 5.91 Å². The number of amides is 1. The normalized spacial score (nSPS) is 24.9. The van der Waals surface area contributed by atoms with Gasteiger partial charge >= 0.3 is 0 Å². The second-order valence-corrected chi connectivity index (χ2v) is 8.82. The molecule has 5 rings (SSSR count). The lowest BCUT2D eigenvalue weighted by Gasteiger charge is -2.39. The van der Waals surface area contributed by atoms with Crippen LogP contribution in [0.15, 0.2) is 42.5 Å². The van der Waals surface area contributed by atoms with Gasteiger partial charge in [-0.3, -0.25) is 4.79 Å². The van der Waals surface area contributed by atoms with Gasteiger partial charge in [-0.15, -0.1) is 0 Å². The number of ether oxygens (including phenoxy) is 1. The monoisotopic (exact) mass is 444 g/mol. The number of carbonyl (C=O) groups is 1. The molecule has 0 radical (unpaired) electrons. The fraction of sp³-hybridized carbons (Fsp3) is 0.348. The number of hydrogen-bond donors (Lipinski definition) is 2. The summed E-state index contributed by atoms with van der Waals surface area (Å²) in [4.78, 5) is 15.1. The first-order chi connectivity index (χ1) is 14.5. The van der Waals surface area contributed by atoms with Gasteiger partial charge < -0.3 is 20.1 Å². The van der Waals surface area contributed by atoms with Gasteiger partial charge in [0.15, 0.2) is 0 Å². The van der Waals surface area contributed by atoms with Crippen molar-refractivity contribution in [3.63, 3.8) is 0 Å². The molecule has 0 aromatic heterocycles. The first-order valence-electron chi connectivity index (χ1n) is 10.2. The van der Waals surface area contributed by atoms with Gasteiger partial charge in [-0.05, 0) is 36.1 Å². The lowest BCUT2D eigenvalue weighted by atomic mass is 9.76. The molecule has 3 unspecified atom stereocenters. The van der Waals surface area contributed by atoms with Gasteiger partial charge in [0.1, 0.15) is 5.75 Å². The van der Waals surface area contributed by atoms with Crippen LogP contribution in [0.4, 0.5) is 5.69 Å². The Bertz CT molecular complexity index is 1030. The van der Waals surface area contributed by atoms with Crippen molar-refractivity contribution in [3.8, 4) is 5.75 Å². The van der Waals surface area contributed by atoms with Crippen LogP contribution in [0.3, 0.4) is 0 Å². The summed E-state index contributed by atoms with van der Waals surface area (Å²) in [6, 6.07) is 8.97. The van der Waals surface area contributed by atoms with Crippen LogP contribution in [0.2, 0.25) is 10.0 Å². The molecular weight excluding hydrogens is 423 g/mol. The molecule has 1 amide bonds. The molecule has 0 bridgehead atoms. The number of rotatable bonds is 2. The fourth-order valence-electron chi connectivity index (χ4n) is 4.87. The van der Waals surface area contributed by atoms with Crippen molar-refractivity contribution in [2.24, 2.45) is 5.92 Å². The van der Waals surface area contributed by atoms with E-state index >= 15 is 0 Å². The maximum absolute atomic E-state index is 13.3. The van der Waals surface area contributed by atoms with E-state index in [1.54, 1.807) is 6.07 Å². The molecule has 3 aliphatic rings. The second kappa shape index (κ2) is 7.80. The van der Waals surface area contributed by atoms with Crippen LogP contribution in [-0.4, -0.2) is 42.2 Å². The number of morpholine rings is 1. The van der Waals surface area contributed by atoms with E-state index in [9.17, 15) is 9.90 Å². The summed E-state index contributed by atoms with van der Waals surface area (Å²) in [6.45, 7) is 2.28. The molecule has 1 aliphatic carbocycles.